The highest BCUT2D eigenvalue weighted by molar-refractivity contribution is 6.30. The summed E-state index contributed by atoms with van der Waals surface area (Å²) in [6.45, 7) is 0.667. The van der Waals surface area contributed by atoms with Crippen LogP contribution in [0.3, 0.4) is 0 Å². The Balaban J connectivity index is 1.43. The van der Waals surface area contributed by atoms with Crippen molar-refractivity contribution in [1.29, 1.82) is 0 Å². The maximum absolute atomic E-state index is 13.0. The number of fused-ring (bicyclic) bond motifs is 1. The molecule has 136 valence electrons. The third-order valence-electron chi connectivity index (χ3n) is 5.08. The van der Waals surface area contributed by atoms with E-state index in [9.17, 15) is 9.59 Å². The van der Waals surface area contributed by atoms with Gasteiger partial charge < -0.3 is 9.64 Å². The van der Waals surface area contributed by atoms with E-state index >= 15 is 0 Å². The van der Waals surface area contributed by atoms with Crippen LogP contribution in [0.5, 0.6) is 5.75 Å². The number of hydrogen-bond acceptors (Lipinski definition) is 4. The van der Waals surface area contributed by atoms with E-state index in [0.29, 0.717) is 30.0 Å². The number of rotatable bonds is 4. The standard InChI is InChI=1S/C19H20ClN3O3/c1-22-11-13(10-21-22)16(24)9-15-3-2-6-23(15)19(25)18-8-12-7-14(20)4-5-17(12)26-18/h4-5,7,10-11,15,18H,2-3,6,8-9H2,1H3. The number of hydrogen-bond donors (Lipinski definition) is 0. The summed E-state index contributed by atoms with van der Waals surface area (Å²) in [7, 11) is 1.78. The molecule has 2 aromatic rings. The lowest BCUT2D eigenvalue weighted by atomic mass is 10.0. The zero-order chi connectivity index (χ0) is 18.3. The van der Waals surface area contributed by atoms with Gasteiger partial charge >= 0.3 is 0 Å². The lowest BCUT2D eigenvalue weighted by Crippen LogP contribution is -2.44. The van der Waals surface area contributed by atoms with Gasteiger partial charge in [0, 0.05) is 43.7 Å². The Morgan fingerprint density at radius 1 is 1.38 bits per heavy atom. The van der Waals surface area contributed by atoms with E-state index in [1.54, 1.807) is 36.3 Å². The van der Waals surface area contributed by atoms with Crippen LogP contribution in [-0.2, 0) is 18.3 Å². The summed E-state index contributed by atoms with van der Waals surface area (Å²) in [5, 5.41) is 4.68. The number of aryl methyl sites for hydroxylation is 1. The van der Waals surface area contributed by atoms with Crippen molar-refractivity contribution in [2.24, 2.45) is 7.05 Å². The zero-order valence-corrected chi connectivity index (χ0v) is 15.3. The zero-order valence-electron chi connectivity index (χ0n) is 14.5. The van der Waals surface area contributed by atoms with Crippen molar-refractivity contribution in [3.8, 4) is 5.75 Å². The highest BCUT2D eigenvalue weighted by Gasteiger charge is 2.38. The number of Topliss-reactive ketones (excluding diaryl/α,β-unsaturated/α-hetero) is 1. The highest BCUT2D eigenvalue weighted by atomic mass is 35.5. The molecule has 0 bridgehead atoms. The van der Waals surface area contributed by atoms with Crippen molar-refractivity contribution in [3.05, 3.63) is 46.7 Å². The molecule has 0 N–H and O–H groups in total. The molecule has 4 rings (SSSR count). The van der Waals surface area contributed by atoms with Gasteiger partial charge in [-0.15, -0.1) is 0 Å². The fraction of sp³-hybridized carbons (Fsp3) is 0.421. The molecule has 1 saturated heterocycles. The molecule has 26 heavy (non-hydrogen) atoms. The Bertz CT molecular complexity index is 863. The number of likely N-dealkylation sites (tertiary alicyclic amines) is 1. The predicted octanol–water partition coefficient (Wildman–Crippen LogP) is 2.64. The number of ketones is 1. The van der Waals surface area contributed by atoms with Crippen LogP contribution in [0.2, 0.25) is 5.02 Å². The first kappa shape index (κ1) is 17.1. The first-order valence-corrected chi connectivity index (χ1v) is 9.16. The third kappa shape index (κ3) is 3.21. The molecule has 2 aliphatic heterocycles. The molecule has 1 fully saturated rings. The van der Waals surface area contributed by atoms with Crippen LogP contribution in [-0.4, -0.2) is 45.1 Å². The Kier molecular flexibility index (Phi) is 4.44. The number of amides is 1. The van der Waals surface area contributed by atoms with Gasteiger partial charge in [0.15, 0.2) is 11.9 Å². The number of benzene rings is 1. The molecule has 6 nitrogen and oxygen atoms in total. The van der Waals surface area contributed by atoms with Gasteiger partial charge in [0.25, 0.3) is 5.91 Å². The Morgan fingerprint density at radius 2 is 2.23 bits per heavy atom. The van der Waals surface area contributed by atoms with Crippen molar-refractivity contribution in [2.45, 2.75) is 37.8 Å². The molecule has 0 spiro atoms. The average Bonchev–Trinajstić information content (AvgIpc) is 3.33. The van der Waals surface area contributed by atoms with Gasteiger partial charge in [-0.3, -0.25) is 14.3 Å². The third-order valence-corrected chi connectivity index (χ3v) is 5.32. The van der Waals surface area contributed by atoms with E-state index in [1.807, 2.05) is 11.0 Å². The normalized spacial score (nSPS) is 21.5. The summed E-state index contributed by atoms with van der Waals surface area (Å²) in [5.41, 5.74) is 1.55. The van der Waals surface area contributed by atoms with E-state index in [4.69, 9.17) is 16.3 Å². The van der Waals surface area contributed by atoms with Crippen LogP contribution >= 0.6 is 11.6 Å². The fourth-order valence-corrected chi connectivity index (χ4v) is 3.97. The number of aromatic nitrogens is 2. The summed E-state index contributed by atoms with van der Waals surface area (Å²) in [6.07, 6.45) is 5.34. The minimum atomic E-state index is -0.530. The smallest absolute Gasteiger partial charge is 0.264 e. The predicted molar refractivity (Wildman–Crippen MR) is 96.5 cm³/mol. The summed E-state index contributed by atoms with van der Waals surface area (Å²) >= 11 is 6.02. The van der Waals surface area contributed by atoms with Gasteiger partial charge in [0.2, 0.25) is 0 Å². The SMILES string of the molecule is Cn1cc(C(=O)CC2CCCN2C(=O)C2Cc3cc(Cl)ccc3O2)cn1. The molecule has 0 radical (unpaired) electrons. The van der Waals surface area contributed by atoms with Crippen LogP contribution in [0.1, 0.15) is 35.2 Å². The molecule has 2 atom stereocenters. The van der Waals surface area contributed by atoms with Gasteiger partial charge in [-0.05, 0) is 36.6 Å². The summed E-state index contributed by atoms with van der Waals surface area (Å²) in [5.74, 6) is 0.693. The van der Waals surface area contributed by atoms with Crippen LogP contribution in [0.4, 0.5) is 0 Å². The lowest BCUT2D eigenvalue weighted by Gasteiger charge is -2.26. The maximum atomic E-state index is 13.0. The van der Waals surface area contributed by atoms with Crippen molar-refractivity contribution in [2.75, 3.05) is 6.54 Å². The number of ether oxygens (including phenoxy) is 1. The Labute approximate surface area is 156 Å². The second-order valence-electron chi connectivity index (χ2n) is 6.92. The van der Waals surface area contributed by atoms with Crippen LogP contribution in [0.15, 0.2) is 30.6 Å². The highest BCUT2D eigenvalue weighted by Crippen LogP contribution is 2.33. The quantitative estimate of drug-likeness (QED) is 0.773. The molecular weight excluding hydrogens is 354 g/mol. The minimum Gasteiger partial charge on any atom is -0.480 e. The van der Waals surface area contributed by atoms with E-state index in [2.05, 4.69) is 5.10 Å². The molecule has 1 aromatic heterocycles. The first-order chi connectivity index (χ1) is 12.5. The van der Waals surface area contributed by atoms with Crippen LogP contribution in [0.25, 0.3) is 0 Å². The van der Waals surface area contributed by atoms with E-state index in [0.717, 1.165) is 24.2 Å². The second kappa shape index (κ2) is 6.76. The molecule has 1 aromatic carbocycles. The first-order valence-electron chi connectivity index (χ1n) is 8.78. The number of carbonyl (C=O) groups excluding carboxylic acids is 2. The topological polar surface area (TPSA) is 64.4 Å². The molecule has 2 aliphatic rings. The second-order valence-corrected chi connectivity index (χ2v) is 7.36. The van der Waals surface area contributed by atoms with Crippen molar-refractivity contribution in [1.82, 2.24) is 14.7 Å². The molecule has 7 heteroatoms. The van der Waals surface area contributed by atoms with Crippen molar-refractivity contribution < 1.29 is 14.3 Å². The van der Waals surface area contributed by atoms with Crippen molar-refractivity contribution in [3.63, 3.8) is 0 Å². The van der Waals surface area contributed by atoms with Gasteiger partial charge in [-0.1, -0.05) is 11.6 Å². The molecule has 0 aliphatic carbocycles. The van der Waals surface area contributed by atoms with Crippen LogP contribution < -0.4 is 4.74 Å². The Hall–Kier alpha value is -2.34. The largest absolute Gasteiger partial charge is 0.480 e. The Morgan fingerprint density at radius 3 is 3.00 bits per heavy atom. The molecule has 1 amide bonds. The molecule has 2 unspecified atom stereocenters. The van der Waals surface area contributed by atoms with E-state index < -0.39 is 6.10 Å². The molecule has 3 heterocycles. The van der Waals surface area contributed by atoms with Crippen LogP contribution in [0, 0.1) is 0 Å². The molecular formula is C19H20ClN3O3. The van der Waals surface area contributed by atoms with Gasteiger partial charge in [-0.25, -0.2) is 0 Å². The van der Waals surface area contributed by atoms with Crippen molar-refractivity contribution >= 4 is 23.3 Å². The summed E-state index contributed by atoms with van der Waals surface area (Å²) < 4.78 is 7.44. The summed E-state index contributed by atoms with van der Waals surface area (Å²) in [4.78, 5) is 27.3. The number of carbonyl (C=O) groups is 2. The minimum absolute atomic E-state index is 0.0187. The molecule has 0 saturated carbocycles. The van der Waals surface area contributed by atoms with Gasteiger partial charge in [-0.2, -0.15) is 5.10 Å². The number of nitrogens with zero attached hydrogens (tertiary/aromatic N) is 3. The fourth-order valence-electron chi connectivity index (χ4n) is 3.77. The van der Waals surface area contributed by atoms with E-state index in [1.165, 1.54) is 0 Å². The maximum Gasteiger partial charge on any atom is 0.264 e. The monoisotopic (exact) mass is 373 g/mol. The van der Waals surface area contributed by atoms with Gasteiger partial charge in [0.05, 0.1) is 11.8 Å². The number of halogens is 1. The van der Waals surface area contributed by atoms with Gasteiger partial charge in [0.1, 0.15) is 5.75 Å². The summed E-state index contributed by atoms with van der Waals surface area (Å²) in [6, 6.07) is 5.33. The van der Waals surface area contributed by atoms with E-state index in [-0.39, 0.29) is 17.7 Å². The average molecular weight is 374 g/mol. The lowest BCUT2D eigenvalue weighted by molar-refractivity contribution is -0.138.